The molecule has 2 N–H and O–H groups in total. The predicted octanol–water partition coefficient (Wildman–Crippen LogP) is 1.02. The monoisotopic (exact) mass is 293 g/mol. The van der Waals surface area contributed by atoms with Gasteiger partial charge in [0.15, 0.2) is 0 Å². The molecule has 5 nitrogen and oxygen atoms in total. The average Bonchev–Trinajstić information content (AvgIpc) is 2.30. The van der Waals surface area contributed by atoms with E-state index in [0.29, 0.717) is 25.2 Å². The van der Waals surface area contributed by atoms with Crippen molar-refractivity contribution in [2.45, 2.75) is 58.9 Å². The van der Waals surface area contributed by atoms with Crippen LogP contribution in [0.1, 0.15) is 41.5 Å². The summed E-state index contributed by atoms with van der Waals surface area (Å²) < 4.78 is 26.7. The lowest BCUT2D eigenvalue weighted by Crippen LogP contribution is -2.45. The maximum absolute atomic E-state index is 12.0. The van der Waals surface area contributed by atoms with Crippen molar-refractivity contribution in [1.29, 1.82) is 0 Å². The van der Waals surface area contributed by atoms with Crippen molar-refractivity contribution in [2.75, 3.05) is 26.2 Å². The van der Waals surface area contributed by atoms with Gasteiger partial charge in [0, 0.05) is 31.7 Å². The van der Waals surface area contributed by atoms with Gasteiger partial charge < -0.3 is 5.32 Å². The average molecular weight is 293 g/mol. The van der Waals surface area contributed by atoms with E-state index in [4.69, 9.17) is 0 Å². The molecule has 0 aromatic heterocycles. The first-order valence-electron chi connectivity index (χ1n) is 7.17. The van der Waals surface area contributed by atoms with E-state index in [1.165, 1.54) is 0 Å². The van der Waals surface area contributed by atoms with Crippen LogP contribution in [0.3, 0.4) is 0 Å². The molecule has 0 saturated heterocycles. The summed E-state index contributed by atoms with van der Waals surface area (Å²) in [5.41, 5.74) is 0. The van der Waals surface area contributed by atoms with E-state index in [-0.39, 0.29) is 0 Å². The van der Waals surface area contributed by atoms with Crippen LogP contribution in [-0.2, 0) is 10.0 Å². The fourth-order valence-corrected chi connectivity index (χ4v) is 3.03. The Morgan fingerprint density at radius 3 is 2.00 bits per heavy atom. The zero-order chi connectivity index (χ0) is 15.1. The number of hydrogen-bond donors (Lipinski definition) is 2. The van der Waals surface area contributed by atoms with Crippen LogP contribution in [-0.4, -0.2) is 56.8 Å². The molecular weight excluding hydrogens is 262 g/mol. The van der Waals surface area contributed by atoms with E-state index < -0.39 is 15.3 Å². The summed E-state index contributed by atoms with van der Waals surface area (Å²) in [6.45, 7) is 14.7. The van der Waals surface area contributed by atoms with Crippen LogP contribution in [0.25, 0.3) is 0 Å². The second kappa shape index (κ2) is 8.89. The third-order valence-corrected chi connectivity index (χ3v) is 5.04. The Kier molecular flexibility index (Phi) is 8.81. The van der Waals surface area contributed by atoms with Gasteiger partial charge in [0.05, 0.1) is 5.25 Å². The quantitative estimate of drug-likeness (QED) is 0.631. The number of nitrogens with one attached hydrogen (secondary N) is 2. The van der Waals surface area contributed by atoms with E-state index in [9.17, 15) is 8.42 Å². The number of hydrogen-bond acceptors (Lipinski definition) is 4. The van der Waals surface area contributed by atoms with E-state index in [0.717, 1.165) is 13.1 Å². The number of rotatable bonds is 10. The molecule has 0 amide bonds. The molecular formula is C13H31N3O2S. The number of sulfonamides is 1. The third kappa shape index (κ3) is 7.25. The van der Waals surface area contributed by atoms with Crippen molar-refractivity contribution in [3.05, 3.63) is 0 Å². The molecule has 0 saturated carbocycles. The third-order valence-electron chi connectivity index (χ3n) is 3.21. The van der Waals surface area contributed by atoms with Gasteiger partial charge in [-0.2, -0.15) is 0 Å². The summed E-state index contributed by atoms with van der Waals surface area (Å²) in [4.78, 5) is 2.28. The van der Waals surface area contributed by atoms with E-state index >= 15 is 0 Å². The fourth-order valence-electron chi connectivity index (χ4n) is 2.03. The molecule has 0 fully saturated rings. The van der Waals surface area contributed by atoms with Gasteiger partial charge in [-0.05, 0) is 41.2 Å². The highest BCUT2D eigenvalue weighted by Gasteiger charge is 2.20. The molecule has 0 bridgehead atoms. The maximum atomic E-state index is 12.0. The van der Waals surface area contributed by atoms with Crippen molar-refractivity contribution in [1.82, 2.24) is 14.9 Å². The highest BCUT2D eigenvalue weighted by molar-refractivity contribution is 7.90. The highest BCUT2D eigenvalue weighted by atomic mass is 32.2. The largest absolute Gasteiger partial charge is 0.316 e. The molecule has 0 radical (unpaired) electrons. The van der Waals surface area contributed by atoms with Crippen molar-refractivity contribution in [3.8, 4) is 0 Å². The van der Waals surface area contributed by atoms with Crippen molar-refractivity contribution >= 4 is 10.0 Å². The number of nitrogens with zero attached hydrogens (tertiary/aromatic N) is 1. The van der Waals surface area contributed by atoms with Crippen LogP contribution in [0.5, 0.6) is 0 Å². The second-order valence-corrected chi connectivity index (χ2v) is 7.67. The lowest BCUT2D eigenvalue weighted by Gasteiger charge is -2.30. The van der Waals surface area contributed by atoms with Gasteiger partial charge in [0.25, 0.3) is 0 Å². The lowest BCUT2D eigenvalue weighted by molar-refractivity contribution is 0.179. The summed E-state index contributed by atoms with van der Waals surface area (Å²) in [5, 5.41) is 2.66. The van der Waals surface area contributed by atoms with Crippen molar-refractivity contribution < 1.29 is 8.42 Å². The van der Waals surface area contributed by atoms with Crippen molar-refractivity contribution in [2.24, 2.45) is 0 Å². The smallest absolute Gasteiger partial charge is 0.215 e. The predicted molar refractivity (Wildman–Crippen MR) is 81.9 cm³/mol. The Bertz CT molecular complexity index is 321. The van der Waals surface area contributed by atoms with Crippen LogP contribution < -0.4 is 10.0 Å². The van der Waals surface area contributed by atoms with Crippen LogP contribution in [0.15, 0.2) is 0 Å². The van der Waals surface area contributed by atoms with Gasteiger partial charge in [0.2, 0.25) is 10.0 Å². The Morgan fingerprint density at radius 1 is 1.05 bits per heavy atom. The molecule has 19 heavy (non-hydrogen) atoms. The molecule has 0 heterocycles. The summed E-state index contributed by atoms with van der Waals surface area (Å²) in [6, 6.07) is 0.840. The standard InChI is InChI=1S/C13H31N3O2S/c1-7-14-10-13(6)19(17,18)15-8-9-16(11(2)3)12(4)5/h11-15H,7-10H2,1-6H3. The highest BCUT2D eigenvalue weighted by Crippen LogP contribution is 2.04. The Labute approximate surface area is 119 Å². The summed E-state index contributed by atoms with van der Waals surface area (Å²) in [7, 11) is -3.22. The van der Waals surface area contributed by atoms with Gasteiger partial charge in [0.1, 0.15) is 0 Å². The molecule has 0 aromatic rings. The first-order chi connectivity index (χ1) is 8.72. The minimum Gasteiger partial charge on any atom is -0.316 e. The zero-order valence-corrected chi connectivity index (χ0v) is 14.0. The molecule has 0 aliphatic carbocycles. The summed E-state index contributed by atoms with van der Waals surface area (Å²) >= 11 is 0. The van der Waals surface area contributed by atoms with Gasteiger partial charge in [-0.15, -0.1) is 0 Å². The molecule has 0 aliphatic heterocycles. The molecule has 0 rings (SSSR count). The molecule has 116 valence electrons. The van der Waals surface area contributed by atoms with Gasteiger partial charge in [-0.3, -0.25) is 4.90 Å². The molecule has 0 aromatic carbocycles. The van der Waals surface area contributed by atoms with Gasteiger partial charge in [-0.25, -0.2) is 13.1 Å². The maximum Gasteiger partial charge on any atom is 0.215 e. The zero-order valence-electron chi connectivity index (χ0n) is 13.2. The van der Waals surface area contributed by atoms with Crippen LogP contribution >= 0.6 is 0 Å². The molecule has 6 heteroatoms. The fraction of sp³-hybridized carbons (Fsp3) is 1.00. The summed E-state index contributed by atoms with van der Waals surface area (Å²) in [6.07, 6.45) is 0. The van der Waals surface area contributed by atoms with Gasteiger partial charge in [-0.1, -0.05) is 6.92 Å². The lowest BCUT2D eigenvalue weighted by atomic mass is 10.2. The minimum absolute atomic E-state index is 0.404. The molecule has 1 atom stereocenters. The van der Waals surface area contributed by atoms with Crippen molar-refractivity contribution in [3.63, 3.8) is 0 Å². The van der Waals surface area contributed by atoms with Crippen LogP contribution in [0.4, 0.5) is 0 Å². The topological polar surface area (TPSA) is 61.4 Å². The SMILES string of the molecule is CCNCC(C)S(=O)(=O)NCCN(C(C)C)C(C)C. The second-order valence-electron chi connectivity index (χ2n) is 5.48. The minimum atomic E-state index is -3.22. The summed E-state index contributed by atoms with van der Waals surface area (Å²) in [5.74, 6) is 0. The Balaban J connectivity index is 4.24. The molecule has 0 aliphatic rings. The van der Waals surface area contributed by atoms with Crippen LogP contribution in [0.2, 0.25) is 0 Å². The Hall–Kier alpha value is -0.170. The van der Waals surface area contributed by atoms with Gasteiger partial charge >= 0.3 is 0 Å². The molecule has 1 unspecified atom stereocenters. The first-order valence-corrected chi connectivity index (χ1v) is 8.71. The first kappa shape index (κ1) is 18.8. The van der Waals surface area contributed by atoms with Crippen LogP contribution in [0, 0.1) is 0 Å². The molecule has 0 spiro atoms. The normalized spacial score (nSPS) is 14.6. The van der Waals surface area contributed by atoms with E-state index in [1.807, 2.05) is 6.92 Å². The van der Waals surface area contributed by atoms with E-state index in [1.54, 1.807) is 6.92 Å². The Morgan fingerprint density at radius 2 is 1.58 bits per heavy atom. The van der Waals surface area contributed by atoms with E-state index in [2.05, 4.69) is 42.6 Å².